The molecule has 0 saturated heterocycles. The lowest BCUT2D eigenvalue weighted by Gasteiger charge is -2.05. The summed E-state index contributed by atoms with van der Waals surface area (Å²) in [5, 5.41) is 11.7. The molecule has 4 aromatic rings. The van der Waals surface area contributed by atoms with Gasteiger partial charge in [-0.05, 0) is 53.6 Å². The first-order valence-electron chi connectivity index (χ1n) is 9.65. The van der Waals surface area contributed by atoms with Crippen LogP contribution in [-0.2, 0) is 13.1 Å². The van der Waals surface area contributed by atoms with Crippen LogP contribution in [0.1, 0.15) is 27.2 Å². The predicted octanol–water partition coefficient (Wildman–Crippen LogP) is 4.23. The summed E-state index contributed by atoms with van der Waals surface area (Å²) in [6.07, 6.45) is 8.67. The molecule has 0 atom stereocenters. The number of rotatable bonds is 8. The van der Waals surface area contributed by atoms with Gasteiger partial charge in [0.25, 0.3) is 0 Å². The molecule has 2 heterocycles. The largest absolute Gasteiger partial charge is 0.379 e. The number of hydrogen-bond acceptors (Lipinski definition) is 5. The second-order valence-corrected chi connectivity index (χ2v) is 6.81. The van der Waals surface area contributed by atoms with Crippen molar-refractivity contribution in [2.45, 2.75) is 13.1 Å². The molecule has 0 radical (unpaired) electrons. The van der Waals surface area contributed by atoms with Crippen LogP contribution in [0.5, 0.6) is 0 Å². The molecule has 0 aliphatic carbocycles. The van der Waals surface area contributed by atoms with E-state index in [2.05, 4.69) is 32.7 Å². The Morgan fingerprint density at radius 3 is 2.60 bits per heavy atom. The summed E-state index contributed by atoms with van der Waals surface area (Å²) in [5.74, 6) is -0.0470. The minimum absolute atomic E-state index is 0.0470. The summed E-state index contributed by atoms with van der Waals surface area (Å²) in [4.78, 5) is 16.3. The van der Waals surface area contributed by atoms with Gasteiger partial charge in [-0.15, -0.1) is 5.10 Å². The lowest BCUT2D eigenvalue weighted by Crippen LogP contribution is -2.01. The zero-order valence-electron chi connectivity index (χ0n) is 16.3. The molecule has 2 aromatic heterocycles. The van der Waals surface area contributed by atoms with Crippen LogP contribution in [-0.4, -0.2) is 25.8 Å². The van der Waals surface area contributed by atoms with Gasteiger partial charge >= 0.3 is 0 Å². The Morgan fingerprint density at radius 1 is 1.00 bits per heavy atom. The number of nitrogens with one attached hydrogen (secondary N) is 1. The zero-order valence-corrected chi connectivity index (χ0v) is 16.3. The normalized spacial score (nSPS) is 10.9. The summed E-state index contributed by atoms with van der Waals surface area (Å²) in [7, 11) is 0. The van der Waals surface area contributed by atoms with Crippen LogP contribution in [0.15, 0.2) is 91.4 Å². The number of anilines is 1. The fourth-order valence-corrected chi connectivity index (χ4v) is 2.95. The highest BCUT2D eigenvalue weighted by Gasteiger charge is 2.04. The van der Waals surface area contributed by atoms with Crippen LogP contribution >= 0.6 is 0 Å². The van der Waals surface area contributed by atoms with E-state index in [1.165, 1.54) is 5.56 Å². The van der Waals surface area contributed by atoms with Gasteiger partial charge in [-0.1, -0.05) is 41.6 Å². The van der Waals surface area contributed by atoms with E-state index in [1.54, 1.807) is 24.5 Å². The fourth-order valence-electron chi connectivity index (χ4n) is 2.95. The number of pyridine rings is 1. The molecule has 0 bridgehead atoms. The quantitative estimate of drug-likeness (QED) is 0.357. The Hall–Kier alpha value is -4.06. The summed E-state index contributed by atoms with van der Waals surface area (Å²) in [5.41, 5.74) is 4.48. The second kappa shape index (κ2) is 9.43. The van der Waals surface area contributed by atoms with Crippen molar-refractivity contribution in [1.29, 1.82) is 0 Å². The number of ketones is 1. The van der Waals surface area contributed by atoms with Crippen molar-refractivity contribution in [2.24, 2.45) is 0 Å². The van der Waals surface area contributed by atoms with E-state index in [0.717, 1.165) is 16.9 Å². The highest BCUT2D eigenvalue weighted by atomic mass is 16.1. The number of allylic oxidation sites excluding steroid dienone is 1. The lowest BCUT2D eigenvalue weighted by atomic mass is 10.1. The first kappa shape index (κ1) is 19.3. The summed E-state index contributed by atoms with van der Waals surface area (Å²) in [6, 6.07) is 21.3. The number of carbonyl (C=O) groups is 1. The van der Waals surface area contributed by atoms with Crippen LogP contribution in [0, 0.1) is 0 Å². The highest BCUT2D eigenvalue weighted by Crippen LogP contribution is 2.12. The van der Waals surface area contributed by atoms with Gasteiger partial charge in [-0.25, -0.2) is 4.68 Å². The van der Waals surface area contributed by atoms with E-state index in [4.69, 9.17) is 0 Å². The van der Waals surface area contributed by atoms with E-state index >= 15 is 0 Å². The van der Waals surface area contributed by atoms with Crippen molar-refractivity contribution in [1.82, 2.24) is 20.0 Å². The predicted molar refractivity (Wildman–Crippen MR) is 117 cm³/mol. The summed E-state index contributed by atoms with van der Waals surface area (Å²) < 4.78 is 1.82. The third-order valence-corrected chi connectivity index (χ3v) is 4.53. The van der Waals surface area contributed by atoms with Gasteiger partial charge in [-0.2, -0.15) is 0 Å². The minimum atomic E-state index is -0.0470. The van der Waals surface area contributed by atoms with Crippen molar-refractivity contribution < 1.29 is 4.79 Å². The smallest absolute Gasteiger partial charge is 0.185 e. The van der Waals surface area contributed by atoms with Crippen molar-refractivity contribution in [3.63, 3.8) is 0 Å². The van der Waals surface area contributed by atoms with E-state index in [9.17, 15) is 4.79 Å². The molecule has 1 N–H and O–H groups in total. The molecular formula is C24H21N5O. The topological polar surface area (TPSA) is 72.7 Å². The highest BCUT2D eigenvalue weighted by molar-refractivity contribution is 6.06. The molecule has 30 heavy (non-hydrogen) atoms. The van der Waals surface area contributed by atoms with Gasteiger partial charge in [0.05, 0.1) is 19.3 Å². The Kier molecular flexibility index (Phi) is 6.05. The molecule has 0 spiro atoms. The monoisotopic (exact) mass is 395 g/mol. The number of aromatic nitrogens is 4. The Bertz CT molecular complexity index is 1120. The van der Waals surface area contributed by atoms with Gasteiger partial charge in [0.2, 0.25) is 0 Å². The maximum Gasteiger partial charge on any atom is 0.185 e. The van der Waals surface area contributed by atoms with E-state index in [1.807, 2.05) is 65.5 Å². The minimum Gasteiger partial charge on any atom is -0.379 e. The second-order valence-electron chi connectivity index (χ2n) is 6.81. The standard InChI is InChI=1S/C24H21N5O/c30-24(13-8-19-7-4-14-25-15-19)21-9-11-22(12-10-21)26-16-23-18-29(28-27-23)17-20-5-2-1-3-6-20/h1-15,18,26H,16-17H2/b13-8+. The molecule has 0 fully saturated rings. The number of nitrogens with zero attached hydrogens (tertiary/aromatic N) is 4. The zero-order chi connectivity index (χ0) is 20.6. The third kappa shape index (κ3) is 5.26. The van der Waals surface area contributed by atoms with Gasteiger partial charge in [-0.3, -0.25) is 9.78 Å². The van der Waals surface area contributed by atoms with Gasteiger partial charge in [0.15, 0.2) is 5.78 Å². The maximum atomic E-state index is 12.3. The maximum absolute atomic E-state index is 12.3. The molecule has 0 aliphatic heterocycles. The van der Waals surface area contributed by atoms with Crippen molar-refractivity contribution >= 4 is 17.5 Å². The lowest BCUT2D eigenvalue weighted by molar-refractivity contribution is 0.104. The molecule has 148 valence electrons. The number of hydrogen-bond donors (Lipinski definition) is 1. The average molecular weight is 395 g/mol. The first-order valence-corrected chi connectivity index (χ1v) is 9.65. The molecule has 2 aromatic carbocycles. The van der Waals surface area contributed by atoms with Crippen molar-refractivity contribution in [3.8, 4) is 0 Å². The van der Waals surface area contributed by atoms with Crippen molar-refractivity contribution in [2.75, 3.05) is 5.32 Å². The van der Waals surface area contributed by atoms with Crippen LogP contribution in [0.25, 0.3) is 6.08 Å². The van der Waals surface area contributed by atoms with E-state index in [0.29, 0.717) is 18.7 Å². The van der Waals surface area contributed by atoms with Crippen LogP contribution < -0.4 is 5.32 Å². The molecule has 6 nitrogen and oxygen atoms in total. The third-order valence-electron chi connectivity index (χ3n) is 4.53. The van der Waals surface area contributed by atoms with Crippen LogP contribution in [0.4, 0.5) is 5.69 Å². The molecular weight excluding hydrogens is 374 g/mol. The molecule has 4 rings (SSSR count). The van der Waals surface area contributed by atoms with Gasteiger partial charge < -0.3 is 5.32 Å². The van der Waals surface area contributed by atoms with Gasteiger partial charge in [0, 0.05) is 23.6 Å². The SMILES string of the molecule is O=C(/C=C/c1cccnc1)c1ccc(NCc2cn(Cc3ccccc3)nn2)cc1. The molecule has 0 saturated carbocycles. The van der Waals surface area contributed by atoms with E-state index < -0.39 is 0 Å². The molecule has 0 unspecified atom stereocenters. The summed E-state index contributed by atoms with van der Waals surface area (Å²) in [6.45, 7) is 1.25. The molecule has 6 heteroatoms. The number of carbonyl (C=O) groups excluding carboxylic acids is 1. The summed E-state index contributed by atoms with van der Waals surface area (Å²) >= 11 is 0. The Balaban J connectivity index is 1.31. The van der Waals surface area contributed by atoms with Gasteiger partial charge in [0.1, 0.15) is 5.69 Å². The van der Waals surface area contributed by atoms with E-state index in [-0.39, 0.29) is 5.78 Å². The molecule has 0 aliphatic rings. The Morgan fingerprint density at radius 2 is 1.83 bits per heavy atom. The van der Waals surface area contributed by atoms with Crippen molar-refractivity contribution in [3.05, 3.63) is 114 Å². The fraction of sp³-hybridized carbons (Fsp3) is 0.0833. The Labute approximate surface area is 174 Å². The van der Waals surface area contributed by atoms with Crippen LogP contribution in [0.3, 0.4) is 0 Å². The first-order chi connectivity index (χ1) is 14.8. The average Bonchev–Trinajstić information content (AvgIpc) is 3.25. The molecule has 0 amide bonds. The number of benzene rings is 2. The van der Waals surface area contributed by atoms with Crippen LogP contribution in [0.2, 0.25) is 0 Å².